The van der Waals surface area contributed by atoms with Crippen molar-refractivity contribution in [3.05, 3.63) is 0 Å². The number of amides is 1. The minimum Gasteiger partial charge on any atom is -0.376 e. The van der Waals surface area contributed by atoms with E-state index in [9.17, 15) is 18.0 Å². The molecule has 0 aromatic heterocycles. The van der Waals surface area contributed by atoms with E-state index in [0.717, 1.165) is 0 Å². The lowest BCUT2D eigenvalue weighted by Crippen LogP contribution is -2.43. The fraction of sp³-hybridized carbons (Fsp3) is 0.875. The van der Waals surface area contributed by atoms with Crippen molar-refractivity contribution >= 4 is 17.7 Å². The first kappa shape index (κ1) is 13.6. The Hall–Kier alpha value is -0.470. The second-order valence-electron chi connectivity index (χ2n) is 3.02. The molecule has 94 valence electrons. The van der Waals surface area contributed by atoms with Crippen molar-refractivity contribution in [2.45, 2.75) is 11.6 Å². The summed E-state index contributed by atoms with van der Waals surface area (Å²) < 4.78 is 45.3. The maximum Gasteiger partial charge on any atom is 0.441 e. The monoisotopic (exact) mass is 259 g/mol. The highest BCUT2D eigenvalue weighted by molar-refractivity contribution is 8.00. The molecule has 4 nitrogen and oxygen atoms in total. The Morgan fingerprint density at radius 3 is 2.75 bits per heavy atom. The zero-order valence-electron chi connectivity index (χ0n) is 8.38. The molecule has 0 unspecified atom stereocenters. The summed E-state index contributed by atoms with van der Waals surface area (Å²) in [7, 11) is 0. The van der Waals surface area contributed by atoms with E-state index in [1.54, 1.807) is 0 Å². The summed E-state index contributed by atoms with van der Waals surface area (Å²) in [5.74, 6) is -0.634. The number of hydrogen-bond acceptors (Lipinski definition) is 4. The molecule has 8 heteroatoms. The molecule has 1 rings (SSSR count). The van der Waals surface area contributed by atoms with Gasteiger partial charge in [0, 0.05) is 12.3 Å². The topological polar surface area (TPSA) is 47.6 Å². The third-order valence-electron chi connectivity index (χ3n) is 1.78. The third kappa shape index (κ3) is 5.57. The number of rotatable bonds is 4. The standard InChI is InChI=1S/C8H12F3NO3S/c9-8(10,11)16-4-1-12-7(13)6-5-14-2-3-15-6/h6H,1-5H2,(H,12,13)/t6-/m0/s1. The number of ether oxygens (including phenoxy) is 2. The lowest BCUT2D eigenvalue weighted by molar-refractivity contribution is -0.147. The molecule has 0 aliphatic carbocycles. The maximum absolute atomic E-state index is 11.7. The molecule has 0 aromatic carbocycles. The number of alkyl halides is 3. The molecule has 1 fully saturated rings. The van der Waals surface area contributed by atoms with E-state index in [0.29, 0.717) is 13.2 Å². The Labute approximate surface area is 94.8 Å². The van der Waals surface area contributed by atoms with Crippen LogP contribution in [0.2, 0.25) is 0 Å². The minimum atomic E-state index is -4.25. The molecule has 1 atom stereocenters. The molecule has 1 amide bonds. The number of carbonyl (C=O) groups excluding carboxylic acids is 1. The minimum absolute atomic E-state index is 0.0388. The van der Waals surface area contributed by atoms with Crippen molar-refractivity contribution in [3.8, 4) is 0 Å². The summed E-state index contributed by atoms with van der Waals surface area (Å²) in [6.07, 6.45) is -0.704. The zero-order chi connectivity index (χ0) is 12.0. The van der Waals surface area contributed by atoms with E-state index in [2.05, 4.69) is 5.32 Å². The number of hydrogen-bond donors (Lipinski definition) is 1. The van der Waals surface area contributed by atoms with Gasteiger partial charge in [0.15, 0.2) is 6.10 Å². The maximum atomic E-state index is 11.7. The molecule has 0 bridgehead atoms. The van der Waals surface area contributed by atoms with Gasteiger partial charge in [-0.1, -0.05) is 0 Å². The van der Waals surface area contributed by atoms with Crippen molar-refractivity contribution in [3.63, 3.8) is 0 Å². The number of nitrogens with one attached hydrogen (secondary N) is 1. The van der Waals surface area contributed by atoms with E-state index >= 15 is 0 Å². The van der Waals surface area contributed by atoms with Crippen LogP contribution in [0.4, 0.5) is 13.2 Å². The first-order chi connectivity index (χ1) is 7.49. The highest BCUT2D eigenvalue weighted by Crippen LogP contribution is 2.29. The van der Waals surface area contributed by atoms with Gasteiger partial charge in [0.25, 0.3) is 5.91 Å². The zero-order valence-corrected chi connectivity index (χ0v) is 9.20. The van der Waals surface area contributed by atoms with E-state index < -0.39 is 17.5 Å². The number of thioether (sulfide) groups is 1. The van der Waals surface area contributed by atoms with E-state index in [1.165, 1.54) is 0 Å². The predicted octanol–water partition coefficient (Wildman–Crippen LogP) is 0.771. The predicted molar refractivity (Wildman–Crippen MR) is 52.1 cm³/mol. The van der Waals surface area contributed by atoms with E-state index in [-0.39, 0.29) is 30.7 Å². The Balaban J connectivity index is 2.10. The van der Waals surface area contributed by atoms with Crippen molar-refractivity contribution < 1.29 is 27.4 Å². The van der Waals surface area contributed by atoms with Crippen LogP contribution >= 0.6 is 11.8 Å². The van der Waals surface area contributed by atoms with Gasteiger partial charge < -0.3 is 14.8 Å². The molecule has 16 heavy (non-hydrogen) atoms. The quantitative estimate of drug-likeness (QED) is 0.758. The summed E-state index contributed by atoms with van der Waals surface area (Å²) in [5, 5.41) is 2.36. The molecular weight excluding hydrogens is 247 g/mol. The van der Waals surface area contributed by atoms with Crippen LogP contribution in [-0.2, 0) is 14.3 Å². The summed E-state index contributed by atoms with van der Waals surface area (Å²) >= 11 is -0.165. The fourth-order valence-corrected chi connectivity index (χ4v) is 1.53. The first-order valence-corrected chi connectivity index (χ1v) is 5.65. The Bertz CT molecular complexity index is 231. The van der Waals surface area contributed by atoms with Crippen LogP contribution in [0.1, 0.15) is 0 Å². The first-order valence-electron chi connectivity index (χ1n) is 4.67. The van der Waals surface area contributed by atoms with Gasteiger partial charge in [0.05, 0.1) is 19.8 Å². The smallest absolute Gasteiger partial charge is 0.376 e. The van der Waals surface area contributed by atoms with Crippen molar-refractivity contribution in [1.29, 1.82) is 0 Å². The average Bonchev–Trinajstić information content (AvgIpc) is 2.24. The summed E-state index contributed by atoms with van der Waals surface area (Å²) in [6.45, 7) is 0.879. The van der Waals surface area contributed by atoms with E-state index in [1.807, 2.05) is 0 Å². The van der Waals surface area contributed by atoms with Gasteiger partial charge in [-0.3, -0.25) is 4.79 Å². The Kier molecular flexibility index (Phi) is 5.36. The molecule has 0 spiro atoms. The van der Waals surface area contributed by atoms with Crippen molar-refractivity contribution in [2.75, 3.05) is 32.1 Å². The van der Waals surface area contributed by atoms with E-state index in [4.69, 9.17) is 9.47 Å². The Morgan fingerprint density at radius 2 is 2.19 bits per heavy atom. The van der Waals surface area contributed by atoms with Crippen LogP contribution in [0.3, 0.4) is 0 Å². The van der Waals surface area contributed by atoms with Gasteiger partial charge >= 0.3 is 5.51 Å². The molecule has 1 N–H and O–H groups in total. The summed E-state index contributed by atoms with van der Waals surface area (Å²) in [4.78, 5) is 11.3. The highest BCUT2D eigenvalue weighted by Gasteiger charge is 2.28. The number of carbonyl (C=O) groups is 1. The van der Waals surface area contributed by atoms with Crippen LogP contribution in [0.25, 0.3) is 0 Å². The molecule has 1 heterocycles. The molecule has 1 aliphatic heterocycles. The van der Waals surface area contributed by atoms with Crippen LogP contribution in [0.15, 0.2) is 0 Å². The second kappa shape index (κ2) is 6.31. The van der Waals surface area contributed by atoms with Crippen molar-refractivity contribution in [1.82, 2.24) is 5.32 Å². The summed E-state index contributed by atoms with van der Waals surface area (Å²) in [6, 6.07) is 0. The lowest BCUT2D eigenvalue weighted by Gasteiger charge is -2.21. The lowest BCUT2D eigenvalue weighted by atomic mass is 10.3. The van der Waals surface area contributed by atoms with Crippen LogP contribution in [0, 0.1) is 0 Å². The molecule has 0 saturated carbocycles. The van der Waals surface area contributed by atoms with Crippen LogP contribution < -0.4 is 5.32 Å². The fourth-order valence-electron chi connectivity index (χ4n) is 1.09. The molecular formula is C8H12F3NO3S. The van der Waals surface area contributed by atoms with Gasteiger partial charge in [-0.15, -0.1) is 0 Å². The van der Waals surface area contributed by atoms with Gasteiger partial charge in [0.1, 0.15) is 0 Å². The molecule has 0 aromatic rings. The normalized spacial score (nSPS) is 21.8. The average molecular weight is 259 g/mol. The Morgan fingerprint density at radius 1 is 1.44 bits per heavy atom. The molecule has 0 radical (unpaired) electrons. The number of halogens is 3. The van der Waals surface area contributed by atoms with Gasteiger partial charge in [-0.25, -0.2) is 0 Å². The van der Waals surface area contributed by atoms with Crippen molar-refractivity contribution in [2.24, 2.45) is 0 Å². The van der Waals surface area contributed by atoms with Gasteiger partial charge in [-0.2, -0.15) is 13.2 Å². The van der Waals surface area contributed by atoms with Gasteiger partial charge in [-0.05, 0) is 11.8 Å². The largest absolute Gasteiger partial charge is 0.441 e. The highest BCUT2D eigenvalue weighted by atomic mass is 32.2. The SMILES string of the molecule is O=C(NCCSC(F)(F)F)[C@@H]1COCCO1. The van der Waals surface area contributed by atoms with Gasteiger partial charge in [0.2, 0.25) is 0 Å². The summed E-state index contributed by atoms with van der Waals surface area (Å²) in [5.41, 5.74) is -4.25. The second-order valence-corrected chi connectivity index (χ2v) is 4.18. The molecule has 1 saturated heterocycles. The van der Waals surface area contributed by atoms with Crippen LogP contribution in [0.5, 0.6) is 0 Å². The van der Waals surface area contributed by atoms with Crippen LogP contribution in [-0.4, -0.2) is 49.6 Å². The molecule has 1 aliphatic rings. The third-order valence-corrected chi connectivity index (χ3v) is 2.51.